The number of aliphatic hydroxyl groups is 1. The molecule has 0 spiro atoms. The topological polar surface area (TPSA) is 46.5 Å². The van der Waals surface area contributed by atoms with Crippen molar-refractivity contribution in [3.05, 3.63) is 29.8 Å². The van der Waals surface area contributed by atoms with Crippen LogP contribution in [0.4, 0.5) is 0 Å². The van der Waals surface area contributed by atoms with E-state index in [1.165, 1.54) is 5.56 Å². The van der Waals surface area contributed by atoms with Crippen molar-refractivity contribution in [2.75, 3.05) is 6.61 Å². The van der Waals surface area contributed by atoms with Crippen LogP contribution in [-0.4, -0.2) is 23.1 Å². The van der Waals surface area contributed by atoms with Gasteiger partial charge < -0.3 is 9.84 Å². The molecule has 1 aliphatic heterocycles. The van der Waals surface area contributed by atoms with Crippen molar-refractivity contribution in [2.45, 2.75) is 50.0 Å². The summed E-state index contributed by atoms with van der Waals surface area (Å²) >= 11 is 0. The lowest BCUT2D eigenvalue weighted by Crippen LogP contribution is -2.36. The summed E-state index contributed by atoms with van der Waals surface area (Å²) in [6.07, 6.45) is 3.99. The van der Waals surface area contributed by atoms with Crippen molar-refractivity contribution < 1.29 is 14.6 Å². The highest BCUT2D eigenvalue weighted by Crippen LogP contribution is 2.41. The normalized spacial score (nSPS) is 25.5. The molecule has 0 saturated heterocycles. The van der Waals surface area contributed by atoms with Gasteiger partial charge in [-0.15, -0.1) is 0 Å². The highest BCUT2D eigenvalue weighted by atomic mass is 16.5. The molecule has 1 atom stereocenters. The number of carbonyl (C=O) groups is 1. The van der Waals surface area contributed by atoms with Gasteiger partial charge in [0.25, 0.3) is 0 Å². The number of Topliss-reactive ketones (excluding diaryl/α,β-unsaturated/α-hetero) is 1. The second-order valence-corrected chi connectivity index (χ2v) is 5.84. The van der Waals surface area contributed by atoms with Crippen molar-refractivity contribution in [1.29, 1.82) is 0 Å². The molecule has 19 heavy (non-hydrogen) atoms. The molecule has 1 aromatic rings. The quantitative estimate of drug-likeness (QED) is 0.889. The van der Waals surface area contributed by atoms with Crippen molar-refractivity contribution in [2.24, 2.45) is 0 Å². The van der Waals surface area contributed by atoms with Gasteiger partial charge in [0.15, 0.2) is 0 Å². The third kappa shape index (κ3) is 2.66. The van der Waals surface area contributed by atoms with Gasteiger partial charge >= 0.3 is 0 Å². The molecule has 1 heterocycles. The SMILES string of the molecule is O=C1CCC(O)(CC2CCOc3ccccc32)CC1. The van der Waals surface area contributed by atoms with Crippen LogP contribution in [0.1, 0.15) is 50.0 Å². The second-order valence-electron chi connectivity index (χ2n) is 5.84. The predicted molar refractivity (Wildman–Crippen MR) is 72.3 cm³/mol. The van der Waals surface area contributed by atoms with Crippen LogP contribution in [-0.2, 0) is 4.79 Å². The zero-order valence-corrected chi connectivity index (χ0v) is 11.1. The Hall–Kier alpha value is -1.35. The van der Waals surface area contributed by atoms with E-state index in [2.05, 4.69) is 6.07 Å². The van der Waals surface area contributed by atoms with Crippen molar-refractivity contribution >= 4 is 5.78 Å². The molecular weight excluding hydrogens is 240 g/mol. The fourth-order valence-electron chi connectivity index (χ4n) is 3.28. The number of carbonyl (C=O) groups excluding carboxylic acids is 1. The van der Waals surface area contributed by atoms with Crippen LogP contribution in [0.5, 0.6) is 5.75 Å². The van der Waals surface area contributed by atoms with Crippen molar-refractivity contribution in [3.63, 3.8) is 0 Å². The van der Waals surface area contributed by atoms with Gasteiger partial charge in [0.05, 0.1) is 12.2 Å². The van der Waals surface area contributed by atoms with Crippen LogP contribution >= 0.6 is 0 Å². The second kappa shape index (κ2) is 4.97. The predicted octanol–water partition coefficient (Wildman–Crippen LogP) is 2.82. The molecular formula is C16H20O3. The lowest BCUT2D eigenvalue weighted by atomic mass is 9.75. The van der Waals surface area contributed by atoms with Gasteiger partial charge in [-0.1, -0.05) is 18.2 Å². The van der Waals surface area contributed by atoms with E-state index in [0.29, 0.717) is 31.6 Å². The molecule has 0 aromatic heterocycles. The average molecular weight is 260 g/mol. The van der Waals surface area contributed by atoms with Gasteiger partial charge in [0, 0.05) is 12.8 Å². The first-order valence-corrected chi connectivity index (χ1v) is 7.12. The maximum absolute atomic E-state index is 11.3. The van der Waals surface area contributed by atoms with Gasteiger partial charge in [-0.2, -0.15) is 0 Å². The van der Waals surface area contributed by atoms with Crippen LogP contribution in [0.25, 0.3) is 0 Å². The number of hydrogen-bond acceptors (Lipinski definition) is 3. The van der Waals surface area contributed by atoms with E-state index in [-0.39, 0.29) is 5.78 Å². The Morgan fingerprint density at radius 2 is 2.00 bits per heavy atom. The molecule has 1 N–H and O–H groups in total. The first-order valence-electron chi connectivity index (χ1n) is 7.12. The molecule has 1 saturated carbocycles. The number of rotatable bonds is 2. The molecule has 3 rings (SSSR count). The standard InChI is InChI=1S/C16H20O3/c17-13-5-8-16(18,9-6-13)11-12-7-10-19-15-4-2-1-3-14(12)15/h1-4,12,18H,5-11H2. The van der Waals surface area contributed by atoms with E-state index in [0.717, 1.165) is 25.2 Å². The number of ether oxygens (including phenoxy) is 1. The third-order valence-corrected chi connectivity index (χ3v) is 4.45. The fraction of sp³-hybridized carbons (Fsp3) is 0.562. The number of fused-ring (bicyclic) bond motifs is 1. The zero-order chi connectivity index (χ0) is 13.3. The Bertz CT molecular complexity index is 471. The van der Waals surface area contributed by atoms with E-state index in [9.17, 15) is 9.90 Å². The Labute approximate surface area is 113 Å². The smallest absolute Gasteiger partial charge is 0.133 e. The average Bonchev–Trinajstić information content (AvgIpc) is 2.43. The molecule has 0 amide bonds. The molecule has 1 fully saturated rings. The fourth-order valence-corrected chi connectivity index (χ4v) is 3.28. The molecule has 2 aliphatic rings. The summed E-state index contributed by atoms with van der Waals surface area (Å²) in [7, 11) is 0. The molecule has 1 aromatic carbocycles. The zero-order valence-electron chi connectivity index (χ0n) is 11.1. The van der Waals surface area contributed by atoms with Gasteiger partial charge in [-0.05, 0) is 43.2 Å². The summed E-state index contributed by atoms with van der Waals surface area (Å²) in [5, 5.41) is 10.7. The molecule has 1 aliphatic carbocycles. The lowest BCUT2D eigenvalue weighted by Gasteiger charge is -2.36. The van der Waals surface area contributed by atoms with E-state index in [4.69, 9.17) is 4.74 Å². The summed E-state index contributed by atoms with van der Waals surface area (Å²) in [4.78, 5) is 11.3. The Kier molecular flexibility index (Phi) is 3.31. The molecule has 102 valence electrons. The summed E-state index contributed by atoms with van der Waals surface area (Å²) < 4.78 is 5.66. The monoisotopic (exact) mass is 260 g/mol. The summed E-state index contributed by atoms with van der Waals surface area (Å²) in [6, 6.07) is 8.09. The van der Waals surface area contributed by atoms with E-state index in [1.54, 1.807) is 0 Å². The van der Waals surface area contributed by atoms with Gasteiger partial charge in [-0.25, -0.2) is 0 Å². The van der Waals surface area contributed by atoms with Crippen LogP contribution in [0.15, 0.2) is 24.3 Å². The first kappa shape index (κ1) is 12.7. The largest absolute Gasteiger partial charge is 0.493 e. The Morgan fingerprint density at radius 1 is 1.26 bits per heavy atom. The van der Waals surface area contributed by atoms with Gasteiger partial charge in [-0.3, -0.25) is 4.79 Å². The van der Waals surface area contributed by atoms with Crippen LogP contribution < -0.4 is 4.74 Å². The van der Waals surface area contributed by atoms with E-state index < -0.39 is 5.60 Å². The first-order chi connectivity index (χ1) is 9.16. The van der Waals surface area contributed by atoms with Crippen LogP contribution in [0.2, 0.25) is 0 Å². The highest BCUT2D eigenvalue weighted by Gasteiger charge is 2.36. The summed E-state index contributed by atoms with van der Waals surface area (Å²) in [6.45, 7) is 0.719. The van der Waals surface area contributed by atoms with Gasteiger partial charge in [0.2, 0.25) is 0 Å². The maximum Gasteiger partial charge on any atom is 0.133 e. The van der Waals surface area contributed by atoms with Gasteiger partial charge in [0.1, 0.15) is 11.5 Å². The third-order valence-electron chi connectivity index (χ3n) is 4.45. The Morgan fingerprint density at radius 3 is 2.79 bits per heavy atom. The number of ketones is 1. The molecule has 3 heteroatoms. The minimum atomic E-state index is -0.664. The molecule has 1 unspecified atom stereocenters. The van der Waals surface area contributed by atoms with Crippen molar-refractivity contribution in [1.82, 2.24) is 0 Å². The number of para-hydroxylation sites is 1. The molecule has 3 nitrogen and oxygen atoms in total. The highest BCUT2D eigenvalue weighted by molar-refractivity contribution is 5.79. The van der Waals surface area contributed by atoms with E-state index >= 15 is 0 Å². The minimum absolute atomic E-state index is 0.289. The maximum atomic E-state index is 11.3. The lowest BCUT2D eigenvalue weighted by molar-refractivity contribution is -0.126. The molecule has 0 radical (unpaired) electrons. The summed E-state index contributed by atoms with van der Waals surface area (Å²) in [5.74, 6) is 1.59. The van der Waals surface area contributed by atoms with Crippen LogP contribution in [0.3, 0.4) is 0 Å². The summed E-state index contributed by atoms with van der Waals surface area (Å²) in [5.41, 5.74) is 0.544. The number of hydrogen-bond donors (Lipinski definition) is 1. The van der Waals surface area contributed by atoms with Crippen LogP contribution in [0, 0.1) is 0 Å². The minimum Gasteiger partial charge on any atom is -0.493 e. The number of benzene rings is 1. The Balaban J connectivity index is 1.76. The molecule has 0 bridgehead atoms. The van der Waals surface area contributed by atoms with E-state index in [1.807, 2.05) is 18.2 Å². The van der Waals surface area contributed by atoms with Crippen molar-refractivity contribution in [3.8, 4) is 5.75 Å².